The van der Waals surface area contributed by atoms with Gasteiger partial charge in [-0.3, -0.25) is 15.7 Å². The first-order valence-electron chi connectivity index (χ1n) is 3.71. The van der Waals surface area contributed by atoms with E-state index in [1.54, 1.807) is 14.0 Å². The first-order chi connectivity index (χ1) is 5.31. The Hall–Kier alpha value is -0.610. The Morgan fingerprint density at radius 2 is 2.27 bits per heavy atom. The highest BCUT2D eigenvalue weighted by molar-refractivity contribution is 5.78. The Morgan fingerprint density at radius 1 is 1.55 bits per heavy atom. The fourth-order valence-electron chi connectivity index (χ4n) is 0.640. The van der Waals surface area contributed by atoms with Crippen molar-refractivity contribution < 1.29 is 9.94 Å². The number of unbranched alkanes of at least 4 members (excludes halogenated alkanes) is 1. The van der Waals surface area contributed by atoms with E-state index in [0.29, 0.717) is 5.84 Å². The van der Waals surface area contributed by atoms with E-state index in [9.17, 15) is 0 Å². The van der Waals surface area contributed by atoms with Crippen LogP contribution in [0.5, 0.6) is 0 Å². The zero-order valence-corrected chi connectivity index (χ0v) is 7.13. The van der Waals surface area contributed by atoms with E-state index >= 15 is 0 Å². The highest BCUT2D eigenvalue weighted by Crippen LogP contribution is 1.89. The van der Waals surface area contributed by atoms with Gasteiger partial charge in [0.25, 0.3) is 0 Å². The van der Waals surface area contributed by atoms with Crippen LogP contribution in [0.3, 0.4) is 0 Å². The molecule has 0 radical (unpaired) electrons. The third kappa shape index (κ3) is 7.29. The number of amidine groups is 1. The quantitative estimate of drug-likeness (QED) is 0.271. The molecule has 0 aromatic rings. The lowest BCUT2D eigenvalue weighted by Crippen LogP contribution is -2.15. The first kappa shape index (κ1) is 10.4. The van der Waals surface area contributed by atoms with E-state index in [2.05, 4.69) is 4.99 Å². The summed E-state index contributed by atoms with van der Waals surface area (Å²) in [5.41, 5.74) is 1.97. The van der Waals surface area contributed by atoms with Crippen molar-refractivity contribution in [3.05, 3.63) is 0 Å². The number of nitrogens with zero attached hydrogens (tertiary/aromatic N) is 1. The molecule has 0 amide bonds. The molecular formula is C7H16N2O2. The molecule has 0 heterocycles. The van der Waals surface area contributed by atoms with Gasteiger partial charge in [-0.15, -0.1) is 0 Å². The van der Waals surface area contributed by atoms with Crippen molar-refractivity contribution in [3.63, 3.8) is 0 Å². The molecule has 2 N–H and O–H groups in total. The highest BCUT2D eigenvalue weighted by Gasteiger charge is 1.87. The van der Waals surface area contributed by atoms with Gasteiger partial charge in [0.1, 0.15) is 5.84 Å². The van der Waals surface area contributed by atoms with Crippen molar-refractivity contribution >= 4 is 5.84 Å². The fraction of sp³-hybridized carbons (Fsp3) is 0.857. The second-order valence-corrected chi connectivity index (χ2v) is 2.28. The van der Waals surface area contributed by atoms with Crippen LogP contribution in [0.25, 0.3) is 0 Å². The Morgan fingerprint density at radius 3 is 2.82 bits per heavy atom. The molecule has 0 unspecified atom stereocenters. The maximum atomic E-state index is 8.33. The molecule has 0 rings (SSSR count). The normalized spacial score (nSPS) is 11.7. The van der Waals surface area contributed by atoms with Crippen LogP contribution >= 0.6 is 0 Å². The van der Waals surface area contributed by atoms with E-state index in [1.165, 1.54) is 0 Å². The standard InChI is InChI=1S/C7H16N2O2/c1-7(9-10)8-5-3-4-6-11-2/h10H,3-6H2,1-2H3,(H,8,9). The smallest absolute Gasteiger partial charge is 0.117 e. The number of hydroxylamine groups is 1. The summed E-state index contributed by atoms with van der Waals surface area (Å²) >= 11 is 0. The molecule has 4 nitrogen and oxygen atoms in total. The molecule has 0 aromatic carbocycles. The van der Waals surface area contributed by atoms with Gasteiger partial charge in [-0.1, -0.05) is 0 Å². The van der Waals surface area contributed by atoms with Crippen molar-refractivity contribution in [2.45, 2.75) is 19.8 Å². The molecule has 0 saturated carbocycles. The third-order valence-corrected chi connectivity index (χ3v) is 1.27. The van der Waals surface area contributed by atoms with E-state index in [1.807, 2.05) is 5.48 Å². The summed E-state index contributed by atoms with van der Waals surface area (Å²) < 4.78 is 4.86. The number of rotatable bonds is 5. The Bertz CT molecular complexity index is 115. The minimum atomic E-state index is 0.558. The van der Waals surface area contributed by atoms with Gasteiger partial charge in [-0.25, -0.2) is 0 Å². The topological polar surface area (TPSA) is 53.8 Å². The molecule has 0 aliphatic carbocycles. The van der Waals surface area contributed by atoms with Crippen molar-refractivity contribution in [1.82, 2.24) is 5.48 Å². The summed E-state index contributed by atoms with van der Waals surface area (Å²) in [5, 5.41) is 8.33. The Kier molecular flexibility index (Phi) is 7.08. The van der Waals surface area contributed by atoms with Crippen LogP contribution in [-0.2, 0) is 4.74 Å². The molecule has 4 heteroatoms. The van der Waals surface area contributed by atoms with Crippen LogP contribution in [-0.4, -0.2) is 31.3 Å². The predicted octanol–water partition coefficient (Wildman–Crippen LogP) is 0.810. The van der Waals surface area contributed by atoms with Crippen LogP contribution in [0.2, 0.25) is 0 Å². The predicted molar refractivity (Wildman–Crippen MR) is 44.0 cm³/mol. The molecule has 0 saturated heterocycles. The van der Waals surface area contributed by atoms with Gasteiger partial charge in [0.2, 0.25) is 0 Å². The van der Waals surface area contributed by atoms with Crippen LogP contribution in [0.15, 0.2) is 4.99 Å². The first-order valence-corrected chi connectivity index (χ1v) is 3.71. The van der Waals surface area contributed by atoms with Gasteiger partial charge >= 0.3 is 0 Å². The number of nitrogens with one attached hydrogen (secondary N) is 1. The molecule has 0 bridgehead atoms. The van der Waals surface area contributed by atoms with E-state index in [-0.39, 0.29) is 0 Å². The van der Waals surface area contributed by atoms with Gasteiger partial charge in [0.05, 0.1) is 0 Å². The summed E-state index contributed by atoms with van der Waals surface area (Å²) in [6.07, 6.45) is 2.01. The fourth-order valence-corrected chi connectivity index (χ4v) is 0.640. The summed E-state index contributed by atoms with van der Waals surface area (Å²) in [4.78, 5) is 4.01. The Labute approximate surface area is 67.2 Å². The lowest BCUT2D eigenvalue weighted by Gasteiger charge is -1.98. The van der Waals surface area contributed by atoms with Crippen LogP contribution in [0, 0.1) is 0 Å². The summed E-state index contributed by atoms with van der Waals surface area (Å²) in [6, 6.07) is 0. The summed E-state index contributed by atoms with van der Waals surface area (Å²) in [6.45, 7) is 3.24. The highest BCUT2D eigenvalue weighted by atomic mass is 16.5. The molecule has 0 atom stereocenters. The molecule has 0 aliphatic rings. The average molecular weight is 160 g/mol. The van der Waals surface area contributed by atoms with Crippen molar-refractivity contribution in [1.29, 1.82) is 0 Å². The average Bonchev–Trinajstić information content (AvgIpc) is 2.04. The van der Waals surface area contributed by atoms with Crippen molar-refractivity contribution in [3.8, 4) is 0 Å². The molecular weight excluding hydrogens is 144 g/mol. The van der Waals surface area contributed by atoms with E-state index in [0.717, 1.165) is 26.0 Å². The molecule has 0 aliphatic heterocycles. The molecule has 0 fully saturated rings. The minimum Gasteiger partial charge on any atom is -0.385 e. The zero-order valence-electron chi connectivity index (χ0n) is 7.13. The van der Waals surface area contributed by atoms with Crippen LogP contribution in [0.4, 0.5) is 0 Å². The maximum Gasteiger partial charge on any atom is 0.117 e. The molecule has 0 spiro atoms. The van der Waals surface area contributed by atoms with Gasteiger partial charge in [0.15, 0.2) is 0 Å². The third-order valence-electron chi connectivity index (χ3n) is 1.27. The van der Waals surface area contributed by atoms with Crippen molar-refractivity contribution in [2.24, 2.45) is 4.99 Å². The van der Waals surface area contributed by atoms with Crippen LogP contribution < -0.4 is 5.48 Å². The molecule has 11 heavy (non-hydrogen) atoms. The number of hydrogen-bond donors (Lipinski definition) is 2. The van der Waals surface area contributed by atoms with Gasteiger partial charge in [0, 0.05) is 20.3 Å². The number of ether oxygens (including phenoxy) is 1. The van der Waals surface area contributed by atoms with Crippen LogP contribution in [0.1, 0.15) is 19.8 Å². The van der Waals surface area contributed by atoms with E-state index < -0.39 is 0 Å². The summed E-state index contributed by atoms with van der Waals surface area (Å²) in [7, 11) is 1.68. The SMILES string of the molecule is COCCCCN=C(C)NO. The zero-order chi connectivity index (χ0) is 8.53. The van der Waals surface area contributed by atoms with E-state index in [4.69, 9.17) is 9.94 Å². The lowest BCUT2D eigenvalue weighted by molar-refractivity contribution is 0.193. The number of hydrogen-bond acceptors (Lipinski definition) is 3. The largest absolute Gasteiger partial charge is 0.385 e. The molecule has 66 valence electrons. The minimum absolute atomic E-state index is 0.558. The number of aliphatic imine (C=N–C) groups is 1. The van der Waals surface area contributed by atoms with Gasteiger partial charge < -0.3 is 4.74 Å². The second-order valence-electron chi connectivity index (χ2n) is 2.28. The van der Waals surface area contributed by atoms with Gasteiger partial charge in [-0.05, 0) is 19.8 Å². The second kappa shape index (κ2) is 7.50. The summed E-state index contributed by atoms with van der Waals surface area (Å²) in [5.74, 6) is 0.558. The van der Waals surface area contributed by atoms with Gasteiger partial charge in [-0.2, -0.15) is 0 Å². The maximum absolute atomic E-state index is 8.33. The Balaban J connectivity index is 3.12. The monoisotopic (exact) mass is 160 g/mol. The van der Waals surface area contributed by atoms with Crippen molar-refractivity contribution in [2.75, 3.05) is 20.3 Å². The lowest BCUT2D eigenvalue weighted by atomic mass is 10.3. The molecule has 0 aromatic heterocycles. The number of methoxy groups -OCH3 is 1.